The molecule has 5 nitrogen and oxygen atoms in total. The second kappa shape index (κ2) is 7.95. The van der Waals surface area contributed by atoms with Crippen molar-refractivity contribution < 1.29 is 14.2 Å². The van der Waals surface area contributed by atoms with Crippen molar-refractivity contribution in [1.82, 2.24) is 9.97 Å². The van der Waals surface area contributed by atoms with Crippen LogP contribution in [0.15, 0.2) is 48.8 Å². The third-order valence-electron chi connectivity index (χ3n) is 5.23. The Bertz CT molecular complexity index is 1190. The van der Waals surface area contributed by atoms with Gasteiger partial charge in [-0.1, -0.05) is 6.92 Å². The Morgan fingerprint density at radius 1 is 0.793 bits per heavy atom. The molecule has 0 fully saturated rings. The van der Waals surface area contributed by atoms with Crippen LogP contribution in [-0.4, -0.2) is 31.3 Å². The highest BCUT2D eigenvalue weighted by atomic mass is 16.5. The first-order valence-electron chi connectivity index (χ1n) is 9.62. The van der Waals surface area contributed by atoms with Gasteiger partial charge in [-0.25, -0.2) is 0 Å². The van der Waals surface area contributed by atoms with E-state index in [0.717, 1.165) is 68.6 Å². The zero-order chi connectivity index (χ0) is 20.4. The Morgan fingerprint density at radius 3 is 2.24 bits per heavy atom. The molecular weight excluding hydrogens is 364 g/mol. The Hall–Kier alpha value is -3.34. The van der Waals surface area contributed by atoms with Crippen molar-refractivity contribution in [2.75, 3.05) is 21.3 Å². The van der Waals surface area contributed by atoms with E-state index in [-0.39, 0.29) is 0 Å². The number of hydrogen-bond donors (Lipinski definition) is 0. The second-order valence-electron chi connectivity index (χ2n) is 6.92. The van der Waals surface area contributed by atoms with Crippen molar-refractivity contribution in [2.24, 2.45) is 0 Å². The topological polar surface area (TPSA) is 53.5 Å². The first-order valence-corrected chi connectivity index (χ1v) is 9.62. The van der Waals surface area contributed by atoms with Gasteiger partial charge in [-0.2, -0.15) is 0 Å². The van der Waals surface area contributed by atoms with Gasteiger partial charge in [0.15, 0.2) is 11.5 Å². The molecule has 0 unspecified atom stereocenters. The van der Waals surface area contributed by atoms with Crippen LogP contribution >= 0.6 is 0 Å². The summed E-state index contributed by atoms with van der Waals surface area (Å²) in [6, 6.07) is 12.2. The Balaban J connectivity index is 1.80. The summed E-state index contributed by atoms with van der Waals surface area (Å²) in [5.41, 5.74) is 4.23. The van der Waals surface area contributed by atoms with Crippen LogP contribution in [0.25, 0.3) is 21.7 Å². The van der Waals surface area contributed by atoms with Gasteiger partial charge in [0.25, 0.3) is 0 Å². The Labute approximate surface area is 170 Å². The number of methoxy groups -OCH3 is 3. The van der Waals surface area contributed by atoms with Crippen LogP contribution in [0, 0.1) is 0 Å². The molecule has 0 N–H and O–H groups in total. The normalized spacial score (nSPS) is 11.0. The maximum absolute atomic E-state index is 5.53. The van der Waals surface area contributed by atoms with Crippen LogP contribution in [-0.2, 0) is 12.8 Å². The summed E-state index contributed by atoms with van der Waals surface area (Å²) < 4.78 is 16.3. The number of ether oxygens (including phenoxy) is 3. The lowest BCUT2D eigenvalue weighted by atomic mass is 9.98. The molecule has 0 amide bonds. The molecule has 0 bridgehead atoms. The molecule has 0 atom stereocenters. The lowest BCUT2D eigenvalue weighted by molar-refractivity contribution is 0.356. The quantitative estimate of drug-likeness (QED) is 0.467. The fraction of sp³-hybridized carbons (Fsp3) is 0.250. The largest absolute Gasteiger partial charge is 0.497 e. The highest BCUT2D eigenvalue weighted by Gasteiger charge is 2.13. The second-order valence-corrected chi connectivity index (χ2v) is 6.92. The fourth-order valence-electron chi connectivity index (χ4n) is 3.69. The number of nitrogens with zero attached hydrogens (tertiary/aromatic N) is 2. The molecule has 5 heteroatoms. The predicted octanol–water partition coefficient (Wildman–Crippen LogP) is 4.96. The molecule has 0 saturated heterocycles. The van der Waals surface area contributed by atoms with E-state index < -0.39 is 0 Å². The summed E-state index contributed by atoms with van der Waals surface area (Å²) >= 11 is 0. The molecule has 0 radical (unpaired) electrons. The van der Waals surface area contributed by atoms with Crippen molar-refractivity contribution >= 4 is 21.7 Å². The maximum Gasteiger partial charge on any atom is 0.161 e. The zero-order valence-electron chi connectivity index (χ0n) is 17.2. The summed E-state index contributed by atoms with van der Waals surface area (Å²) in [6.45, 7) is 2.11. The van der Waals surface area contributed by atoms with Gasteiger partial charge < -0.3 is 14.2 Å². The molecule has 2 aromatic heterocycles. The van der Waals surface area contributed by atoms with Gasteiger partial charge in [-0.05, 0) is 53.3 Å². The summed E-state index contributed by atoms with van der Waals surface area (Å²) in [7, 11) is 4.98. The molecule has 0 saturated carbocycles. The van der Waals surface area contributed by atoms with E-state index in [2.05, 4.69) is 18.0 Å². The first kappa shape index (κ1) is 19.0. The molecule has 0 aliphatic rings. The van der Waals surface area contributed by atoms with Crippen molar-refractivity contribution in [3.63, 3.8) is 0 Å². The maximum atomic E-state index is 5.53. The molecule has 2 aromatic carbocycles. The van der Waals surface area contributed by atoms with Crippen molar-refractivity contribution in [1.29, 1.82) is 0 Å². The smallest absolute Gasteiger partial charge is 0.161 e. The van der Waals surface area contributed by atoms with Gasteiger partial charge in [0, 0.05) is 41.3 Å². The van der Waals surface area contributed by atoms with Crippen LogP contribution in [0.1, 0.15) is 23.7 Å². The molecule has 0 aliphatic heterocycles. The number of pyridine rings is 2. The summed E-state index contributed by atoms with van der Waals surface area (Å²) in [4.78, 5) is 9.32. The SMILES string of the molecule is CCc1ncc(Cc2cnc3cc(OC)ccc3c2)c2cc(OC)c(OC)cc12. The lowest BCUT2D eigenvalue weighted by Gasteiger charge is -2.14. The van der Waals surface area contributed by atoms with E-state index in [1.54, 1.807) is 21.3 Å². The molecule has 4 aromatic rings. The highest BCUT2D eigenvalue weighted by Crippen LogP contribution is 2.35. The average Bonchev–Trinajstić information content (AvgIpc) is 2.77. The average molecular weight is 388 g/mol. The van der Waals surface area contributed by atoms with Gasteiger partial charge in [-0.15, -0.1) is 0 Å². The van der Waals surface area contributed by atoms with Gasteiger partial charge in [-0.3, -0.25) is 9.97 Å². The summed E-state index contributed by atoms with van der Waals surface area (Å²) in [5, 5.41) is 3.32. The van der Waals surface area contributed by atoms with Gasteiger partial charge in [0.05, 0.1) is 26.8 Å². The number of aryl methyl sites for hydroxylation is 1. The molecule has 4 rings (SSSR count). The van der Waals surface area contributed by atoms with E-state index >= 15 is 0 Å². The highest BCUT2D eigenvalue weighted by molar-refractivity contribution is 5.91. The number of aromatic nitrogens is 2. The third-order valence-corrected chi connectivity index (χ3v) is 5.23. The first-order chi connectivity index (χ1) is 14.2. The zero-order valence-corrected chi connectivity index (χ0v) is 17.2. The Morgan fingerprint density at radius 2 is 1.55 bits per heavy atom. The van der Waals surface area contributed by atoms with Gasteiger partial charge in [0.1, 0.15) is 5.75 Å². The van der Waals surface area contributed by atoms with E-state index in [9.17, 15) is 0 Å². The minimum Gasteiger partial charge on any atom is -0.497 e. The molecule has 0 aliphatic carbocycles. The minimum atomic E-state index is 0.718. The van der Waals surface area contributed by atoms with Crippen LogP contribution < -0.4 is 14.2 Å². The molecule has 148 valence electrons. The summed E-state index contributed by atoms with van der Waals surface area (Å²) in [6.07, 6.45) is 5.47. The number of hydrogen-bond acceptors (Lipinski definition) is 5. The van der Waals surface area contributed by atoms with Gasteiger partial charge in [0.2, 0.25) is 0 Å². The van der Waals surface area contributed by atoms with E-state index in [1.165, 1.54) is 0 Å². The summed E-state index contributed by atoms with van der Waals surface area (Å²) in [5.74, 6) is 2.25. The monoisotopic (exact) mass is 388 g/mol. The number of fused-ring (bicyclic) bond motifs is 2. The van der Waals surface area contributed by atoms with Crippen molar-refractivity contribution in [3.8, 4) is 17.2 Å². The lowest BCUT2D eigenvalue weighted by Crippen LogP contribution is -1.99. The Kier molecular flexibility index (Phi) is 5.21. The van der Waals surface area contributed by atoms with E-state index in [1.807, 2.05) is 42.7 Å². The molecule has 29 heavy (non-hydrogen) atoms. The molecule has 2 heterocycles. The van der Waals surface area contributed by atoms with Crippen LogP contribution in [0.2, 0.25) is 0 Å². The molecule has 0 spiro atoms. The van der Waals surface area contributed by atoms with Crippen LogP contribution in [0.3, 0.4) is 0 Å². The van der Waals surface area contributed by atoms with E-state index in [0.29, 0.717) is 0 Å². The standard InChI is InChI=1S/C24H24N2O3/c1-5-21-20-12-24(29-4)23(28-3)11-19(20)17(14-26-21)9-15-8-16-6-7-18(27-2)10-22(16)25-13-15/h6-8,10-14H,5,9H2,1-4H3. The fourth-order valence-corrected chi connectivity index (χ4v) is 3.69. The molecular formula is C24H24N2O3. The van der Waals surface area contributed by atoms with Crippen LogP contribution in [0.4, 0.5) is 0 Å². The van der Waals surface area contributed by atoms with Crippen molar-refractivity contribution in [3.05, 3.63) is 65.6 Å². The minimum absolute atomic E-state index is 0.718. The predicted molar refractivity (Wildman–Crippen MR) is 115 cm³/mol. The van der Waals surface area contributed by atoms with Crippen molar-refractivity contribution in [2.45, 2.75) is 19.8 Å². The third kappa shape index (κ3) is 3.56. The number of rotatable bonds is 6. The number of benzene rings is 2. The van der Waals surface area contributed by atoms with Crippen LogP contribution in [0.5, 0.6) is 17.2 Å². The van der Waals surface area contributed by atoms with Gasteiger partial charge >= 0.3 is 0 Å². The van der Waals surface area contributed by atoms with E-state index in [4.69, 9.17) is 19.2 Å².